The van der Waals surface area contributed by atoms with Crippen molar-refractivity contribution in [3.63, 3.8) is 0 Å². The minimum absolute atomic E-state index is 0.00810. The van der Waals surface area contributed by atoms with Crippen molar-refractivity contribution in [1.29, 1.82) is 0 Å². The van der Waals surface area contributed by atoms with Crippen LogP contribution in [0.5, 0.6) is 0 Å². The Hall–Kier alpha value is -0.710. The quantitative estimate of drug-likeness (QED) is 0.760. The molecule has 1 unspecified atom stereocenters. The van der Waals surface area contributed by atoms with E-state index in [0.29, 0.717) is 0 Å². The lowest BCUT2D eigenvalue weighted by molar-refractivity contribution is -0.138. The van der Waals surface area contributed by atoms with Gasteiger partial charge in [-0.2, -0.15) is 11.8 Å². The number of hydrogen-bond acceptors (Lipinski definition) is 3. The summed E-state index contributed by atoms with van der Waals surface area (Å²) in [6.45, 7) is 3.47. The maximum absolute atomic E-state index is 11.7. The summed E-state index contributed by atoms with van der Waals surface area (Å²) in [5, 5.41) is 11.5. The molecule has 0 aromatic heterocycles. The molecule has 1 heterocycles. The van der Waals surface area contributed by atoms with Gasteiger partial charge in [-0.25, -0.2) is 0 Å². The molecule has 0 aromatic carbocycles. The molecule has 4 nitrogen and oxygen atoms in total. The summed E-state index contributed by atoms with van der Waals surface area (Å²) in [4.78, 5) is 22.3. The third kappa shape index (κ3) is 4.11. The van der Waals surface area contributed by atoms with Crippen LogP contribution in [0.15, 0.2) is 0 Å². The van der Waals surface area contributed by atoms with E-state index in [1.54, 1.807) is 25.6 Å². The largest absolute Gasteiger partial charge is 0.481 e. The first kappa shape index (κ1) is 12.4. The molecule has 86 valence electrons. The molecule has 2 N–H and O–H groups in total. The number of hydrogen-bond donors (Lipinski definition) is 2. The summed E-state index contributed by atoms with van der Waals surface area (Å²) in [6, 6.07) is 0. The molecule has 1 atom stereocenters. The van der Waals surface area contributed by atoms with Crippen LogP contribution in [-0.4, -0.2) is 34.0 Å². The van der Waals surface area contributed by atoms with Gasteiger partial charge in [0.1, 0.15) is 0 Å². The summed E-state index contributed by atoms with van der Waals surface area (Å²) < 4.78 is 0. The molecule has 0 aromatic rings. The molecule has 5 heteroatoms. The van der Waals surface area contributed by atoms with E-state index in [0.717, 1.165) is 17.9 Å². The van der Waals surface area contributed by atoms with Crippen molar-refractivity contribution in [2.45, 2.75) is 32.2 Å². The van der Waals surface area contributed by atoms with Crippen LogP contribution < -0.4 is 5.32 Å². The molecule has 1 saturated heterocycles. The summed E-state index contributed by atoms with van der Waals surface area (Å²) in [6.07, 6.45) is 0.859. The second kappa shape index (κ2) is 4.88. The van der Waals surface area contributed by atoms with E-state index >= 15 is 0 Å². The predicted octanol–water partition coefficient (Wildman–Crippen LogP) is 1.11. The predicted molar refractivity (Wildman–Crippen MR) is 59.9 cm³/mol. The van der Waals surface area contributed by atoms with Crippen LogP contribution in [0.3, 0.4) is 0 Å². The van der Waals surface area contributed by atoms with Gasteiger partial charge in [-0.3, -0.25) is 9.59 Å². The fourth-order valence-corrected chi connectivity index (χ4v) is 2.82. The molecule has 0 bridgehead atoms. The Labute approximate surface area is 93.8 Å². The van der Waals surface area contributed by atoms with Crippen LogP contribution in [-0.2, 0) is 9.59 Å². The molecule has 1 aliphatic heterocycles. The van der Waals surface area contributed by atoms with Gasteiger partial charge in [-0.05, 0) is 26.0 Å². The van der Waals surface area contributed by atoms with Gasteiger partial charge in [0.2, 0.25) is 5.91 Å². The van der Waals surface area contributed by atoms with Crippen LogP contribution in [0.1, 0.15) is 26.7 Å². The van der Waals surface area contributed by atoms with Gasteiger partial charge in [0.25, 0.3) is 0 Å². The fourth-order valence-electron chi connectivity index (χ4n) is 1.60. The van der Waals surface area contributed by atoms with Crippen molar-refractivity contribution in [2.24, 2.45) is 5.92 Å². The molecular formula is C10H17NO3S. The van der Waals surface area contributed by atoms with Gasteiger partial charge < -0.3 is 10.4 Å². The molecule has 15 heavy (non-hydrogen) atoms. The van der Waals surface area contributed by atoms with E-state index < -0.39 is 11.5 Å². The van der Waals surface area contributed by atoms with E-state index in [4.69, 9.17) is 5.11 Å². The standard InChI is InChI=1S/C10H17NO3S/c1-10(2,5-8(12)13)11-9(14)7-3-4-15-6-7/h7H,3-6H2,1-2H3,(H,11,14)(H,12,13). The van der Waals surface area contributed by atoms with E-state index in [9.17, 15) is 9.59 Å². The zero-order valence-corrected chi connectivity index (χ0v) is 9.89. The molecule has 1 amide bonds. The highest BCUT2D eigenvalue weighted by molar-refractivity contribution is 7.99. The molecular weight excluding hydrogens is 214 g/mol. The summed E-state index contributed by atoms with van der Waals surface area (Å²) in [5.41, 5.74) is -0.657. The monoisotopic (exact) mass is 231 g/mol. The second-order valence-corrected chi connectivity index (χ2v) is 5.65. The van der Waals surface area contributed by atoms with Gasteiger partial charge in [0, 0.05) is 17.2 Å². The summed E-state index contributed by atoms with van der Waals surface area (Å²) in [7, 11) is 0. The molecule has 0 spiro atoms. The van der Waals surface area contributed by atoms with Crippen molar-refractivity contribution in [3.05, 3.63) is 0 Å². The lowest BCUT2D eigenvalue weighted by Crippen LogP contribution is -2.47. The SMILES string of the molecule is CC(C)(CC(=O)O)NC(=O)C1CCSC1. The lowest BCUT2D eigenvalue weighted by atomic mass is 9.98. The van der Waals surface area contributed by atoms with Crippen LogP contribution in [0.2, 0.25) is 0 Å². The number of carbonyl (C=O) groups excluding carboxylic acids is 1. The van der Waals surface area contributed by atoms with Crippen molar-refractivity contribution < 1.29 is 14.7 Å². The average Bonchev–Trinajstić information content (AvgIpc) is 2.50. The number of amides is 1. The van der Waals surface area contributed by atoms with Crippen LogP contribution in [0.4, 0.5) is 0 Å². The van der Waals surface area contributed by atoms with Crippen LogP contribution in [0, 0.1) is 5.92 Å². The van der Waals surface area contributed by atoms with E-state index in [1.165, 1.54) is 0 Å². The number of aliphatic carboxylic acids is 1. The first-order chi connectivity index (χ1) is 6.91. The lowest BCUT2D eigenvalue weighted by Gasteiger charge is -2.25. The maximum Gasteiger partial charge on any atom is 0.305 e. The van der Waals surface area contributed by atoms with E-state index in [-0.39, 0.29) is 18.2 Å². The summed E-state index contributed by atoms with van der Waals surface area (Å²) >= 11 is 1.77. The molecule has 1 aliphatic rings. The Bertz CT molecular complexity index is 259. The smallest absolute Gasteiger partial charge is 0.305 e. The number of rotatable bonds is 4. The van der Waals surface area contributed by atoms with Gasteiger partial charge in [0.15, 0.2) is 0 Å². The molecule has 1 fully saturated rings. The van der Waals surface area contributed by atoms with Crippen LogP contribution in [0.25, 0.3) is 0 Å². The molecule has 0 radical (unpaired) electrons. The normalized spacial score (nSPS) is 21.3. The number of carboxylic acids is 1. The Kier molecular flexibility index (Phi) is 4.02. The number of thioether (sulfide) groups is 1. The zero-order valence-electron chi connectivity index (χ0n) is 9.08. The van der Waals surface area contributed by atoms with Gasteiger partial charge in [-0.1, -0.05) is 0 Å². The van der Waals surface area contributed by atoms with Crippen molar-refractivity contribution >= 4 is 23.6 Å². The number of nitrogens with one attached hydrogen (secondary N) is 1. The Morgan fingerprint density at radius 2 is 2.20 bits per heavy atom. The topological polar surface area (TPSA) is 66.4 Å². The highest BCUT2D eigenvalue weighted by Gasteiger charge is 2.29. The number of carboxylic acid groups (broad SMARTS) is 1. The highest BCUT2D eigenvalue weighted by Crippen LogP contribution is 2.24. The third-order valence-electron chi connectivity index (χ3n) is 2.36. The third-order valence-corrected chi connectivity index (χ3v) is 3.52. The Balaban J connectivity index is 2.44. The molecule has 0 saturated carbocycles. The Morgan fingerprint density at radius 1 is 1.53 bits per heavy atom. The fraction of sp³-hybridized carbons (Fsp3) is 0.800. The molecule has 1 rings (SSSR count). The first-order valence-electron chi connectivity index (χ1n) is 5.02. The Morgan fingerprint density at radius 3 is 2.67 bits per heavy atom. The van der Waals surface area contributed by atoms with Crippen molar-refractivity contribution in [2.75, 3.05) is 11.5 Å². The average molecular weight is 231 g/mol. The number of carbonyl (C=O) groups is 2. The highest BCUT2D eigenvalue weighted by atomic mass is 32.2. The molecule has 0 aliphatic carbocycles. The van der Waals surface area contributed by atoms with E-state index in [1.807, 2.05) is 0 Å². The van der Waals surface area contributed by atoms with Gasteiger partial charge in [-0.15, -0.1) is 0 Å². The minimum Gasteiger partial charge on any atom is -0.481 e. The first-order valence-corrected chi connectivity index (χ1v) is 6.18. The minimum atomic E-state index is -0.888. The maximum atomic E-state index is 11.7. The van der Waals surface area contributed by atoms with E-state index in [2.05, 4.69) is 5.32 Å². The van der Waals surface area contributed by atoms with Gasteiger partial charge in [0.05, 0.1) is 6.42 Å². The second-order valence-electron chi connectivity index (χ2n) is 4.50. The van der Waals surface area contributed by atoms with Crippen molar-refractivity contribution in [1.82, 2.24) is 5.32 Å². The van der Waals surface area contributed by atoms with Gasteiger partial charge >= 0.3 is 5.97 Å². The van der Waals surface area contributed by atoms with Crippen molar-refractivity contribution in [3.8, 4) is 0 Å². The summed E-state index contributed by atoms with van der Waals surface area (Å²) in [5.74, 6) is 1.04. The van der Waals surface area contributed by atoms with Crippen LogP contribution >= 0.6 is 11.8 Å². The zero-order chi connectivity index (χ0) is 11.5.